The summed E-state index contributed by atoms with van der Waals surface area (Å²) in [6, 6.07) is 6.99. The van der Waals surface area contributed by atoms with Gasteiger partial charge in [0.25, 0.3) is 5.91 Å². The molecule has 3 rings (SSSR count). The Morgan fingerprint density at radius 2 is 1.83 bits per heavy atom. The first-order chi connectivity index (χ1) is 13.9. The first-order valence-corrected chi connectivity index (χ1v) is 12.0. The zero-order chi connectivity index (χ0) is 20.9. The van der Waals surface area contributed by atoms with Crippen LogP contribution in [0.15, 0.2) is 24.3 Å². The number of hydrogen-bond donors (Lipinski definition) is 1. The molecule has 2 amide bonds. The van der Waals surface area contributed by atoms with Crippen LogP contribution in [0.1, 0.15) is 55.3 Å². The molecule has 1 aromatic rings. The average Bonchev–Trinajstić information content (AvgIpc) is 3.28. The van der Waals surface area contributed by atoms with Gasteiger partial charge in [-0.3, -0.25) is 9.59 Å². The van der Waals surface area contributed by atoms with Crippen LogP contribution in [-0.4, -0.2) is 62.4 Å². The molecule has 0 unspecified atom stereocenters. The Morgan fingerprint density at radius 3 is 2.48 bits per heavy atom. The van der Waals surface area contributed by atoms with Gasteiger partial charge in [0.2, 0.25) is 5.91 Å². The molecule has 160 valence electrons. The maximum atomic E-state index is 12.4. The third kappa shape index (κ3) is 5.72. The number of methoxy groups -OCH3 is 1. The molecule has 0 atom stereocenters. The highest BCUT2D eigenvalue weighted by Crippen LogP contribution is 2.25. The number of carbonyl (C=O) groups excluding carboxylic acids is 2. The van der Waals surface area contributed by atoms with Crippen LogP contribution in [0.4, 0.5) is 0 Å². The maximum absolute atomic E-state index is 12.4. The van der Waals surface area contributed by atoms with E-state index in [9.17, 15) is 18.0 Å². The fourth-order valence-electron chi connectivity index (χ4n) is 4.11. The SMILES string of the molecule is COc1cccc(C(=O)NC2CCN(C(=O)CCS(=O)(=O)C3CCCC3)CC2)c1. The van der Waals surface area contributed by atoms with Crippen molar-refractivity contribution in [2.24, 2.45) is 0 Å². The second kappa shape index (κ2) is 9.61. The molecular weight excluding hydrogens is 392 g/mol. The molecule has 1 saturated heterocycles. The fourth-order valence-corrected chi connectivity index (χ4v) is 5.95. The van der Waals surface area contributed by atoms with Gasteiger partial charge in [0.15, 0.2) is 9.84 Å². The molecule has 29 heavy (non-hydrogen) atoms. The van der Waals surface area contributed by atoms with Crippen LogP contribution >= 0.6 is 0 Å². The maximum Gasteiger partial charge on any atom is 0.251 e. The number of hydrogen-bond acceptors (Lipinski definition) is 5. The van der Waals surface area contributed by atoms with Gasteiger partial charge in [0.05, 0.1) is 18.1 Å². The number of carbonyl (C=O) groups is 2. The van der Waals surface area contributed by atoms with Crippen LogP contribution < -0.4 is 10.1 Å². The Bertz CT molecular complexity index is 825. The largest absolute Gasteiger partial charge is 0.497 e. The molecule has 1 aromatic carbocycles. The van der Waals surface area contributed by atoms with Crippen LogP contribution in [0, 0.1) is 0 Å². The summed E-state index contributed by atoms with van der Waals surface area (Å²) in [7, 11) is -1.61. The van der Waals surface area contributed by atoms with Gasteiger partial charge < -0.3 is 15.0 Å². The highest BCUT2D eigenvalue weighted by Gasteiger charge is 2.30. The lowest BCUT2D eigenvalue weighted by atomic mass is 10.0. The van der Waals surface area contributed by atoms with Gasteiger partial charge in [-0.25, -0.2) is 8.42 Å². The third-order valence-electron chi connectivity index (χ3n) is 5.93. The summed E-state index contributed by atoms with van der Waals surface area (Å²) in [6.07, 6.45) is 4.77. The van der Waals surface area contributed by atoms with E-state index < -0.39 is 9.84 Å². The second-order valence-electron chi connectivity index (χ2n) is 7.88. The Kier molecular flexibility index (Phi) is 7.16. The van der Waals surface area contributed by atoms with Crippen molar-refractivity contribution in [3.8, 4) is 5.75 Å². The summed E-state index contributed by atoms with van der Waals surface area (Å²) in [5, 5.41) is 2.75. The lowest BCUT2D eigenvalue weighted by Crippen LogP contribution is -2.46. The highest BCUT2D eigenvalue weighted by molar-refractivity contribution is 7.92. The van der Waals surface area contributed by atoms with Crippen molar-refractivity contribution >= 4 is 21.7 Å². The van der Waals surface area contributed by atoms with E-state index in [4.69, 9.17) is 4.74 Å². The topological polar surface area (TPSA) is 92.8 Å². The summed E-state index contributed by atoms with van der Waals surface area (Å²) >= 11 is 0. The molecule has 2 fully saturated rings. The van der Waals surface area contributed by atoms with Gasteiger partial charge in [0.1, 0.15) is 5.75 Å². The smallest absolute Gasteiger partial charge is 0.251 e. The van der Waals surface area contributed by atoms with E-state index in [-0.39, 0.29) is 35.3 Å². The molecule has 7 nitrogen and oxygen atoms in total. The zero-order valence-electron chi connectivity index (χ0n) is 16.9. The molecule has 1 aliphatic heterocycles. The van der Waals surface area contributed by atoms with Gasteiger partial charge in [-0.05, 0) is 43.9 Å². The predicted molar refractivity (Wildman–Crippen MR) is 111 cm³/mol. The van der Waals surface area contributed by atoms with Crippen molar-refractivity contribution in [1.82, 2.24) is 10.2 Å². The molecule has 0 bridgehead atoms. The Hall–Kier alpha value is -2.09. The van der Waals surface area contributed by atoms with E-state index in [2.05, 4.69) is 5.32 Å². The standard InChI is InChI=1S/C21H30N2O5S/c1-28-18-6-4-5-16(15-18)21(25)22-17-9-12-23(13-10-17)20(24)11-14-29(26,27)19-7-2-3-8-19/h4-6,15,17,19H,2-3,7-14H2,1H3,(H,22,25). The first-order valence-electron chi connectivity index (χ1n) is 10.3. The molecule has 1 N–H and O–H groups in total. The quantitative estimate of drug-likeness (QED) is 0.727. The molecular formula is C21H30N2O5S. The average molecular weight is 423 g/mol. The summed E-state index contributed by atoms with van der Waals surface area (Å²) in [5.74, 6) is 0.314. The highest BCUT2D eigenvalue weighted by atomic mass is 32.2. The van der Waals surface area contributed by atoms with E-state index >= 15 is 0 Å². The van der Waals surface area contributed by atoms with E-state index in [1.54, 1.807) is 36.3 Å². The predicted octanol–water partition coefficient (Wildman–Crippen LogP) is 2.16. The molecule has 1 heterocycles. The van der Waals surface area contributed by atoms with Crippen LogP contribution in [0.5, 0.6) is 5.75 Å². The molecule has 0 spiro atoms. The minimum atomic E-state index is -3.17. The first kappa shape index (κ1) is 21.6. The molecule has 0 aromatic heterocycles. The van der Waals surface area contributed by atoms with Gasteiger partial charge in [0, 0.05) is 31.1 Å². The number of sulfone groups is 1. The van der Waals surface area contributed by atoms with Crippen molar-refractivity contribution < 1.29 is 22.7 Å². The summed E-state index contributed by atoms with van der Waals surface area (Å²) in [5.41, 5.74) is 0.542. The van der Waals surface area contributed by atoms with Crippen LogP contribution in [0.25, 0.3) is 0 Å². The van der Waals surface area contributed by atoms with Crippen LogP contribution in [0.2, 0.25) is 0 Å². The molecule has 1 aliphatic carbocycles. The third-order valence-corrected chi connectivity index (χ3v) is 8.19. The number of likely N-dealkylation sites (tertiary alicyclic amines) is 1. The van der Waals surface area contributed by atoms with E-state index in [1.165, 1.54) is 0 Å². The number of rotatable bonds is 7. The summed E-state index contributed by atoms with van der Waals surface area (Å²) < 4.78 is 29.8. The van der Waals surface area contributed by atoms with Gasteiger partial charge >= 0.3 is 0 Å². The lowest BCUT2D eigenvalue weighted by Gasteiger charge is -2.32. The Balaban J connectivity index is 1.43. The normalized spacial score (nSPS) is 18.6. The molecule has 2 aliphatic rings. The van der Waals surface area contributed by atoms with Crippen LogP contribution in [0.3, 0.4) is 0 Å². The molecule has 1 saturated carbocycles. The van der Waals surface area contributed by atoms with Crippen molar-refractivity contribution in [2.75, 3.05) is 26.0 Å². The van der Waals surface area contributed by atoms with Gasteiger partial charge in [-0.15, -0.1) is 0 Å². The number of nitrogens with zero attached hydrogens (tertiary/aromatic N) is 1. The van der Waals surface area contributed by atoms with E-state index in [0.717, 1.165) is 25.7 Å². The molecule has 8 heteroatoms. The van der Waals surface area contributed by atoms with E-state index in [1.807, 2.05) is 0 Å². The lowest BCUT2D eigenvalue weighted by molar-refractivity contribution is -0.131. The number of nitrogens with one attached hydrogen (secondary N) is 1. The van der Waals surface area contributed by atoms with Crippen LogP contribution in [-0.2, 0) is 14.6 Å². The number of piperidine rings is 1. The number of amides is 2. The minimum Gasteiger partial charge on any atom is -0.497 e. The fraction of sp³-hybridized carbons (Fsp3) is 0.619. The van der Waals surface area contributed by atoms with E-state index in [0.29, 0.717) is 37.2 Å². The van der Waals surface area contributed by atoms with Crippen molar-refractivity contribution in [3.05, 3.63) is 29.8 Å². The summed E-state index contributed by atoms with van der Waals surface area (Å²) in [6.45, 7) is 1.07. The monoisotopic (exact) mass is 422 g/mol. The number of benzene rings is 1. The number of ether oxygens (including phenoxy) is 1. The van der Waals surface area contributed by atoms with Crippen molar-refractivity contribution in [1.29, 1.82) is 0 Å². The van der Waals surface area contributed by atoms with Crippen molar-refractivity contribution in [2.45, 2.75) is 56.2 Å². The van der Waals surface area contributed by atoms with Gasteiger partial charge in [-0.1, -0.05) is 18.9 Å². The van der Waals surface area contributed by atoms with Gasteiger partial charge in [-0.2, -0.15) is 0 Å². The second-order valence-corrected chi connectivity index (χ2v) is 10.3. The Morgan fingerprint density at radius 1 is 1.14 bits per heavy atom. The Labute approximate surface area is 172 Å². The summed E-state index contributed by atoms with van der Waals surface area (Å²) in [4.78, 5) is 26.6. The zero-order valence-corrected chi connectivity index (χ0v) is 17.7. The minimum absolute atomic E-state index is 0.0000255. The molecule has 0 radical (unpaired) electrons. The van der Waals surface area contributed by atoms with Crippen molar-refractivity contribution in [3.63, 3.8) is 0 Å².